The maximum atomic E-state index is 13.4. The zero-order valence-corrected chi connectivity index (χ0v) is 18.1. The van der Waals surface area contributed by atoms with Gasteiger partial charge in [-0.2, -0.15) is 19.9 Å². The highest BCUT2D eigenvalue weighted by Gasteiger charge is 2.19. The third-order valence-electron chi connectivity index (χ3n) is 5.12. The molecule has 0 atom stereocenters. The summed E-state index contributed by atoms with van der Waals surface area (Å²) in [5.41, 5.74) is 1.26. The number of hydrogen-bond acceptors (Lipinski definition) is 6. The van der Waals surface area contributed by atoms with E-state index in [1.165, 1.54) is 46.9 Å². The molecule has 10 nitrogen and oxygen atoms in total. The monoisotopic (exact) mass is 459 g/mol. The van der Waals surface area contributed by atoms with Crippen molar-refractivity contribution in [1.82, 2.24) is 29.5 Å². The summed E-state index contributed by atoms with van der Waals surface area (Å²) >= 11 is 0. The summed E-state index contributed by atoms with van der Waals surface area (Å²) in [5.74, 6) is -0.0278. The standard InChI is InChI=1S/C23H18FN7O3/c1-13-11-19(26-21(32)16-5-3-4-6-18(16)34-2)31(29-13)23-27-20-17(22(33)28-23)12-25-30(20)15-9-7-14(24)8-10-15/h3-12H,1-2H3,(H,26,32)(H,27,28,33). The Morgan fingerprint density at radius 1 is 1.12 bits per heavy atom. The Morgan fingerprint density at radius 3 is 2.65 bits per heavy atom. The van der Waals surface area contributed by atoms with Crippen molar-refractivity contribution in [3.8, 4) is 17.4 Å². The van der Waals surface area contributed by atoms with Crippen LogP contribution < -0.4 is 15.6 Å². The van der Waals surface area contributed by atoms with E-state index in [9.17, 15) is 14.0 Å². The molecule has 34 heavy (non-hydrogen) atoms. The van der Waals surface area contributed by atoms with Crippen LogP contribution in [0.25, 0.3) is 22.7 Å². The number of hydrogen-bond donors (Lipinski definition) is 2. The van der Waals surface area contributed by atoms with E-state index in [0.29, 0.717) is 28.5 Å². The fourth-order valence-corrected chi connectivity index (χ4v) is 3.54. The second kappa shape index (κ2) is 8.28. The number of aromatic amines is 1. The fourth-order valence-electron chi connectivity index (χ4n) is 3.54. The number of fused-ring (bicyclic) bond motifs is 1. The lowest BCUT2D eigenvalue weighted by Crippen LogP contribution is -2.19. The molecule has 3 aromatic heterocycles. The second-order valence-electron chi connectivity index (χ2n) is 7.40. The van der Waals surface area contributed by atoms with E-state index in [-0.39, 0.29) is 17.0 Å². The number of aromatic nitrogens is 6. The Hall–Kier alpha value is -4.80. The zero-order valence-electron chi connectivity index (χ0n) is 18.1. The van der Waals surface area contributed by atoms with Crippen LogP contribution in [0.15, 0.2) is 65.6 Å². The normalized spacial score (nSPS) is 11.0. The number of aryl methyl sites for hydroxylation is 1. The Balaban J connectivity index is 1.58. The number of nitrogens with one attached hydrogen (secondary N) is 2. The first-order chi connectivity index (χ1) is 16.4. The largest absolute Gasteiger partial charge is 0.496 e. The molecule has 5 rings (SSSR count). The van der Waals surface area contributed by atoms with Crippen LogP contribution in [-0.2, 0) is 0 Å². The number of anilines is 1. The van der Waals surface area contributed by atoms with Crippen LogP contribution in [0.4, 0.5) is 10.2 Å². The molecule has 2 aromatic carbocycles. The van der Waals surface area contributed by atoms with Crippen LogP contribution in [0, 0.1) is 12.7 Å². The molecule has 1 amide bonds. The molecule has 0 radical (unpaired) electrons. The number of para-hydroxylation sites is 1. The summed E-state index contributed by atoms with van der Waals surface area (Å²) in [5, 5.41) is 11.6. The summed E-state index contributed by atoms with van der Waals surface area (Å²) in [4.78, 5) is 32.9. The van der Waals surface area contributed by atoms with Gasteiger partial charge in [-0.1, -0.05) is 12.1 Å². The van der Waals surface area contributed by atoms with E-state index in [4.69, 9.17) is 4.74 Å². The van der Waals surface area contributed by atoms with Crippen LogP contribution >= 0.6 is 0 Å². The van der Waals surface area contributed by atoms with Crippen LogP contribution in [-0.4, -0.2) is 42.5 Å². The maximum Gasteiger partial charge on any atom is 0.263 e. The van der Waals surface area contributed by atoms with Crippen molar-refractivity contribution < 1.29 is 13.9 Å². The van der Waals surface area contributed by atoms with E-state index in [1.807, 2.05) is 0 Å². The van der Waals surface area contributed by atoms with Gasteiger partial charge in [-0.3, -0.25) is 14.6 Å². The number of halogens is 1. The molecule has 0 saturated carbocycles. The van der Waals surface area contributed by atoms with E-state index < -0.39 is 17.3 Å². The Labute approximate surface area is 191 Å². The van der Waals surface area contributed by atoms with Crippen LogP contribution in [0.3, 0.4) is 0 Å². The SMILES string of the molecule is COc1ccccc1C(=O)Nc1cc(C)nn1-c1nc2c(cnn2-c2ccc(F)cc2)c(=O)[nH]1. The molecule has 2 N–H and O–H groups in total. The van der Waals surface area contributed by atoms with Gasteiger partial charge in [-0.25, -0.2) is 9.07 Å². The highest BCUT2D eigenvalue weighted by Crippen LogP contribution is 2.21. The van der Waals surface area contributed by atoms with Crippen molar-refractivity contribution in [3.05, 3.63) is 88.2 Å². The van der Waals surface area contributed by atoms with E-state index in [2.05, 4.69) is 25.5 Å². The van der Waals surface area contributed by atoms with Gasteiger partial charge in [0.25, 0.3) is 11.5 Å². The van der Waals surface area contributed by atoms with Gasteiger partial charge in [-0.05, 0) is 43.3 Å². The molecule has 0 bridgehead atoms. The van der Waals surface area contributed by atoms with Gasteiger partial charge >= 0.3 is 0 Å². The molecular weight excluding hydrogens is 441 g/mol. The lowest BCUT2D eigenvalue weighted by molar-refractivity contribution is 0.102. The van der Waals surface area contributed by atoms with Crippen molar-refractivity contribution in [2.24, 2.45) is 0 Å². The molecule has 0 spiro atoms. The van der Waals surface area contributed by atoms with Crippen molar-refractivity contribution in [2.75, 3.05) is 12.4 Å². The minimum Gasteiger partial charge on any atom is -0.496 e. The first-order valence-electron chi connectivity index (χ1n) is 10.2. The number of benzene rings is 2. The molecule has 5 aromatic rings. The van der Waals surface area contributed by atoms with Gasteiger partial charge in [0.1, 0.15) is 22.8 Å². The number of ether oxygens (including phenoxy) is 1. The minimum atomic E-state index is -0.441. The van der Waals surface area contributed by atoms with Gasteiger partial charge in [0.05, 0.1) is 30.3 Å². The zero-order chi connectivity index (χ0) is 23.8. The molecule has 11 heteroatoms. The van der Waals surface area contributed by atoms with Crippen molar-refractivity contribution >= 4 is 22.8 Å². The topological polar surface area (TPSA) is 120 Å². The third-order valence-corrected chi connectivity index (χ3v) is 5.12. The Kier molecular flexibility index (Phi) is 5.13. The smallest absolute Gasteiger partial charge is 0.263 e. The van der Waals surface area contributed by atoms with Crippen molar-refractivity contribution in [3.63, 3.8) is 0 Å². The van der Waals surface area contributed by atoms with Gasteiger partial charge in [-0.15, -0.1) is 0 Å². The number of nitrogens with zero attached hydrogens (tertiary/aromatic N) is 5. The first-order valence-corrected chi connectivity index (χ1v) is 10.2. The molecule has 0 fully saturated rings. The Bertz CT molecular complexity index is 1580. The van der Waals surface area contributed by atoms with Gasteiger partial charge < -0.3 is 10.1 Å². The molecule has 0 saturated heterocycles. The van der Waals surface area contributed by atoms with Crippen LogP contribution in [0.1, 0.15) is 16.1 Å². The number of carbonyl (C=O) groups excluding carboxylic acids is 1. The van der Waals surface area contributed by atoms with E-state index >= 15 is 0 Å². The third kappa shape index (κ3) is 3.68. The van der Waals surface area contributed by atoms with Crippen molar-refractivity contribution in [2.45, 2.75) is 6.92 Å². The molecule has 170 valence electrons. The van der Waals surface area contributed by atoms with Gasteiger partial charge in [0.2, 0.25) is 5.95 Å². The molecule has 0 aliphatic carbocycles. The number of amides is 1. The summed E-state index contributed by atoms with van der Waals surface area (Å²) in [6.45, 7) is 1.74. The summed E-state index contributed by atoms with van der Waals surface area (Å²) < 4.78 is 21.4. The molecule has 0 aliphatic rings. The minimum absolute atomic E-state index is 0.0739. The first kappa shape index (κ1) is 21.1. The number of H-pyrrole nitrogens is 1. The van der Waals surface area contributed by atoms with Crippen molar-refractivity contribution in [1.29, 1.82) is 0 Å². The second-order valence-corrected chi connectivity index (χ2v) is 7.40. The Morgan fingerprint density at radius 2 is 1.88 bits per heavy atom. The summed E-state index contributed by atoms with van der Waals surface area (Å²) in [7, 11) is 1.48. The highest BCUT2D eigenvalue weighted by molar-refractivity contribution is 6.05. The number of carbonyl (C=O) groups is 1. The summed E-state index contributed by atoms with van der Waals surface area (Å²) in [6.07, 6.45) is 1.38. The van der Waals surface area contributed by atoms with Crippen LogP contribution in [0.2, 0.25) is 0 Å². The van der Waals surface area contributed by atoms with Gasteiger partial charge in [0, 0.05) is 6.07 Å². The lowest BCUT2D eigenvalue weighted by Gasteiger charge is -2.11. The van der Waals surface area contributed by atoms with E-state index in [1.54, 1.807) is 37.3 Å². The number of methoxy groups -OCH3 is 1. The quantitative estimate of drug-likeness (QED) is 0.417. The molecule has 0 aliphatic heterocycles. The molecule has 3 heterocycles. The van der Waals surface area contributed by atoms with E-state index in [0.717, 1.165) is 0 Å². The fraction of sp³-hybridized carbons (Fsp3) is 0.0870. The van der Waals surface area contributed by atoms with Crippen LogP contribution in [0.5, 0.6) is 5.75 Å². The lowest BCUT2D eigenvalue weighted by atomic mass is 10.2. The predicted molar refractivity (Wildman–Crippen MR) is 122 cm³/mol. The summed E-state index contributed by atoms with van der Waals surface area (Å²) in [6, 6.07) is 14.1. The predicted octanol–water partition coefficient (Wildman–Crippen LogP) is 3.00. The molecular formula is C23H18FN7O3. The van der Waals surface area contributed by atoms with Gasteiger partial charge in [0.15, 0.2) is 5.65 Å². The average Bonchev–Trinajstić information content (AvgIpc) is 3.43. The maximum absolute atomic E-state index is 13.4. The average molecular weight is 459 g/mol. The number of rotatable bonds is 5. The highest BCUT2D eigenvalue weighted by atomic mass is 19.1. The molecule has 0 unspecified atom stereocenters.